The summed E-state index contributed by atoms with van der Waals surface area (Å²) >= 11 is 0. The third-order valence-electron chi connectivity index (χ3n) is 3.46. The minimum absolute atomic E-state index is 0.0839. The first kappa shape index (κ1) is 14.0. The normalized spacial score (nSPS) is 17.5. The quantitative estimate of drug-likeness (QED) is 0.813. The van der Waals surface area contributed by atoms with E-state index in [1.165, 1.54) is 0 Å². The number of rotatable bonds is 5. The lowest BCUT2D eigenvalue weighted by atomic mass is 10.0. The number of piperazine rings is 1. The molecule has 0 atom stereocenters. The Labute approximate surface area is 113 Å². The lowest BCUT2D eigenvalue weighted by Gasteiger charge is -2.32. The molecule has 0 unspecified atom stereocenters. The first-order valence-corrected chi connectivity index (χ1v) is 6.61. The lowest BCUT2D eigenvalue weighted by molar-refractivity contribution is -0.136. The van der Waals surface area contributed by atoms with E-state index in [4.69, 9.17) is 5.11 Å². The summed E-state index contributed by atoms with van der Waals surface area (Å²) < 4.78 is 0. The van der Waals surface area contributed by atoms with E-state index in [1.807, 2.05) is 24.3 Å². The van der Waals surface area contributed by atoms with E-state index in [-0.39, 0.29) is 6.42 Å². The molecule has 104 valence electrons. The predicted octanol–water partition coefficient (Wildman–Crippen LogP) is 0.566. The molecule has 0 radical (unpaired) electrons. The number of aliphatic carboxylic acids is 1. The van der Waals surface area contributed by atoms with Gasteiger partial charge in [-0.25, -0.2) is 5.01 Å². The zero-order valence-electron chi connectivity index (χ0n) is 11.3. The number of benzene rings is 1. The molecule has 0 aromatic heterocycles. The average molecular weight is 263 g/mol. The van der Waals surface area contributed by atoms with Crippen molar-refractivity contribution in [1.82, 2.24) is 15.3 Å². The molecule has 0 spiro atoms. The van der Waals surface area contributed by atoms with Gasteiger partial charge in [0.1, 0.15) is 0 Å². The molecule has 1 aliphatic rings. The van der Waals surface area contributed by atoms with Crippen LogP contribution in [0, 0.1) is 0 Å². The van der Waals surface area contributed by atoms with Crippen molar-refractivity contribution >= 4 is 5.97 Å². The van der Waals surface area contributed by atoms with Gasteiger partial charge in [0.15, 0.2) is 0 Å². The Balaban J connectivity index is 1.90. The second kappa shape index (κ2) is 6.65. The van der Waals surface area contributed by atoms with Gasteiger partial charge < -0.3 is 10.0 Å². The molecule has 1 fully saturated rings. The third kappa shape index (κ3) is 4.31. The van der Waals surface area contributed by atoms with Crippen LogP contribution in [0.25, 0.3) is 0 Å². The van der Waals surface area contributed by atoms with Gasteiger partial charge in [-0.05, 0) is 18.2 Å². The minimum Gasteiger partial charge on any atom is -0.481 e. The minimum atomic E-state index is -0.785. The Morgan fingerprint density at radius 2 is 1.84 bits per heavy atom. The lowest BCUT2D eigenvalue weighted by Crippen LogP contribution is -2.50. The summed E-state index contributed by atoms with van der Waals surface area (Å²) in [4.78, 5) is 13.1. The van der Waals surface area contributed by atoms with Gasteiger partial charge in [-0.2, -0.15) is 0 Å². The first-order chi connectivity index (χ1) is 9.15. The second-order valence-electron chi connectivity index (χ2n) is 4.96. The summed E-state index contributed by atoms with van der Waals surface area (Å²) in [6.45, 7) is 4.80. The van der Waals surface area contributed by atoms with E-state index < -0.39 is 5.97 Å². The Bertz CT molecular complexity index is 428. The van der Waals surface area contributed by atoms with Crippen molar-refractivity contribution in [3.05, 3.63) is 35.4 Å². The second-order valence-corrected chi connectivity index (χ2v) is 4.96. The van der Waals surface area contributed by atoms with E-state index in [9.17, 15) is 4.79 Å². The highest BCUT2D eigenvalue weighted by atomic mass is 16.4. The summed E-state index contributed by atoms with van der Waals surface area (Å²) in [5, 5.41) is 11.1. The monoisotopic (exact) mass is 263 g/mol. The van der Waals surface area contributed by atoms with Crippen LogP contribution in [0.3, 0.4) is 0 Å². The van der Waals surface area contributed by atoms with Crippen molar-refractivity contribution in [1.29, 1.82) is 0 Å². The summed E-state index contributed by atoms with van der Waals surface area (Å²) in [5.74, 6) is -0.785. The van der Waals surface area contributed by atoms with Crippen LogP contribution in [0.2, 0.25) is 0 Å². The highest BCUT2D eigenvalue weighted by molar-refractivity contribution is 5.70. The number of hydrogen-bond donors (Lipinski definition) is 2. The van der Waals surface area contributed by atoms with Gasteiger partial charge >= 0.3 is 5.97 Å². The molecular weight excluding hydrogens is 242 g/mol. The number of likely N-dealkylation sites (N-methyl/N-ethyl adjacent to an activating group) is 1. The van der Waals surface area contributed by atoms with Crippen LogP contribution < -0.4 is 5.43 Å². The van der Waals surface area contributed by atoms with Crippen molar-refractivity contribution < 1.29 is 9.90 Å². The van der Waals surface area contributed by atoms with Crippen molar-refractivity contribution in [2.75, 3.05) is 33.2 Å². The number of carboxylic acids is 1. The maximum atomic E-state index is 10.8. The van der Waals surface area contributed by atoms with Gasteiger partial charge in [0.05, 0.1) is 6.42 Å². The van der Waals surface area contributed by atoms with E-state index >= 15 is 0 Å². The standard InChI is InChI=1S/C14H21N3O2/c1-16-6-8-17(9-7-16)15-11-13-5-3-2-4-12(13)10-14(18)19/h2-5,15H,6-11H2,1H3,(H,18,19). The maximum absolute atomic E-state index is 10.8. The number of nitrogens with zero attached hydrogens (tertiary/aromatic N) is 2. The maximum Gasteiger partial charge on any atom is 0.307 e. The molecule has 1 aromatic carbocycles. The van der Waals surface area contributed by atoms with Gasteiger partial charge in [0.2, 0.25) is 0 Å². The van der Waals surface area contributed by atoms with Crippen molar-refractivity contribution in [3.63, 3.8) is 0 Å². The van der Waals surface area contributed by atoms with Gasteiger partial charge in [-0.15, -0.1) is 0 Å². The zero-order chi connectivity index (χ0) is 13.7. The Kier molecular flexibility index (Phi) is 4.90. The molecule has 2 N–H and O–H groups in total. The molecule has 1 heterocycles. The van der Waals surface area contributed by atoms with Crippen LogP contribution in [0.15, 0.2) is 24.3 Å². The van der Waals surface area contributed by atoms with E-state index in [1.54, 1.807) is 0 Å². The number of hydrazine groups is 1. The van der Waals surface area contributed by atoms with Crippen LogP contribution in [0.4, 0.5) is 0 Å². The van der Waals surface area contributed by atoms with Crippen LogP contribution in [0.1, 0.15) is 11.1 Å². The molecule has 19 heavy (non-hydrogen) atoms. The molecule has 2 rings (SSSR count). The van der Waals surface area contributed by atoms with Crippen molar-refractivity contribution in [2.45, 2.75) is 13.0 Å². The smallest absolute Gasteiger partial charge is 0.307 e. The summed E-state index contributed by atoms with van der Waals surface area (Å²) in [6.07, 6.45) is 0.0839. The highest BCUT2D eigenvalue weighted by Gasteiger charge is 2.13. The van der Waals surface area contributed by atoms with E-state index in [0.717, 1.165) is 37.3 Å². The topological polar surface area (TPSA) is 55.8 Å². The molecule has 0 amide bonds. The molecule has 5 nitrogen and oxygen atoms in total. The Morgan fingerprint density at radius 1 is 1.21 bits per heavy atom. The number of hydrogen-bond acceptors (Lipinski definition) is 4. The van der Waals surface area contributed by atoms with Crippen LogP contribution in [-0.4, -0.2) is 54.2 Å². The molecule has 1 saturated heterocycles. The van der Waals surface area contributed by atoms with Gasteiger partial charge in [-0.1, -0.05) is 24.3 Å². The summed E-state index contributed by atoms with van der Waals surface area (Å²) in [5.41, 5.74) is 5.33. The highest BCUT2D eigenvalue weighted by Crippen LogP contribution is 2.10. The van der Waals surface area contributed by atoms with E-state index in [2.05, 4.69) is 22.4 Å². The van der Waals surface area contributed by atoms with Gasteiger partial charge in [-0.3, -0.25) is 10.2 Å². The Hall–Kier alpha value is -1.43. The molecule has 1 aliphatic heterocycles. The van der Waals surface area contributed by atoms with Gasteiger partial charge in [0.25, 0.3) is 0 Å². The fraction of sp³-hybridized carbons (Fsp3) is 0.500. The molecule has 0 aliphatic carbocycles. The fourth-order valence-electron chi connectivity index (χ4n) is 2.23. The predicted molar refractivity (Wildman–Crippen MR) is 73.7 cm³/mol. The molecule has 1 aromatic rings. The molecule has 0 saturated carbocycles. The Morgan fingerprint density at radius 3 is 2.47 bits per heavy atom. The SMILES string of the molecule is CN1CCN(NCc2ccccc2CC(=O)O)CC1. The number of carbonyl (C=O) groups is 1. The molecule has 0 bridgehead atoms. The number of nitrogens with one attached hydrogen (secondary N) is 1. The average Bonchev–Trinajstić information content (AvgIpc) is 2.39. The number of carboxylic acid groups (broad SMARTS) is 1. The van der Waals surface area contributed by atoms with Crippen LogP contribution in [-0.2, 0) is 17.8 Å². The third-order valence-corrected chi connectivity index (χ3v) is 3.46. The zero-order valence-corrected chi connectivity index (χ0v) is 11.3. The first-order valence-electron chi connectivity index (χ1n) is 6.61. The van der Waals surface area contributed by atoms with Gasteiger partial charge in [0, 0.05) is 32.7 Å². The largest absolute Gasteiger partial charge is 0.481 e. The van der Waals surface area contributed by atoms with Crippen LogP contribution >= 0.6 is 0 Å². The fourth-order valence-corrected chi connectivity index (χ4v) is 2.23. The molecule has 5 heteroatoms. The summed E-state index contributed by atoms with van der Waals surface area (Å²) in [6, 6.07) is 7.71. The van der Waals surface area contributed by atoms with Crippen molar-refractivity contribution in [2.24, 2.45) is 0 Å². The molecular formula is C14H21N3O2. The summed E-state index contributed by atoms with van der Waals surface area (Å²) in [7, 11) is 2.12. The van der Waals surface area contributed by atoms with E-state index in [0.29, 0.717) is 6.54 Å². The van der Waals surface area contributed by atoms with Crippen LogP contribution in [0.5, 0.6) is 0 Å². The van der Waals surface area contributed by atoms with Crippen molar-refractivity contribution in [3.8, 4) is 0 Å².